The number of aromatic nitrogens is 2. The minimum atomic E-state index is -0.0558. The third-order valence-electron chi connectivity index (χ3n) is 2.93. The zero-order chi connectivity index (χ0) is 11.4. The monoisotopic (exact) mass is 222 g/mol. The van der Waals surface area contributed by atoms with Gasteiger partial charge in [0.1, 0.15) is 0 Å². The minimum Gasteiger partial charge on any atom is -0.363 e. The zero-order valence-corrected chi connectivity index (χ0v) is 9.57. The highest BCUT2D eigenvalue weighted by molar-refractivity contribution is 5.32. The Hall–Kier alpha value is -1.36. The van der Waals surface area contributed by atoms with Gasteiger partial charge >= 0.3 is 0 Å². The highest BCUT2D eigenvalue weighted by atomic mass is 16.1. The van der Waals surface area contributed by atoms with Crippen molar-refractivity contribution in [2.45, 2.75) is 25.3 Å². The summed E-state index contributed by atoms with van der Waals surface area (Å²) in [6.07, 6.45) is 6.60. The van der Waals surface area contributed by atoms with Crippen molar-refractivity contribution in [3.8, 4) is 0 Å². The smallest absolute Gasteiger partial charge is 0.293 e. The van der Waals surface area contributed by atoms with E-state index in [1.165, 1.54) is 0 Å². The van der Waals surface area contributed by atoms with E-state index in [-0.39, 0.29) is 5.56 Å². The van der Waals surface area contributed by atoms with Crippen molar-refractivity contribution in [3.63, 3.8) is 0 Å². The maximum absolute atomic E-state index is 11.8. The second-order valence-corrected chi connectivity index (χ2v) is 4.21. The molecule has 1 aromatic heterocycles. The molecule has 0 saturated carbocycles. The number of anilines is 1. The molecule has 1 unspecified atom stereocenters. The van der Waals surface area contributed by atoms with E-state index < -0.39 is 0 Å². The Bertz CT molecular complexity index is 393. The van der Waals surface area contributed by atoms with Crippen LogP contribution in [0.2, 0.25) is 0 Å². The molecule has 1 atom stereocenters. The van der Waals surface area contributed by atoms with Crippen LogP contribution in [0.4, 0.5) is 5.82 Å². The van der Waals surface area contributed by atoms with Crippen LogP contribution in [0.25, 0.3) is 0 Å². The molecular formula is C11H18N4O. The van der Waals surface area contributed by atoms with Gasteiger partial charge in [-0.3, -0.25) is 4.79 Å². The molecule has 2 heterocycles. The average molecular weight is 222 g/mol. The van der Waals surface area contributed by atoms with Crippen molar-refractivity contribution in [1.29, 1.82) is 0 Å². The quantitative estimate of drug-likeness (QED) is 0.757. The van der Waals surface area contributed by atoms with Gasteiger partial charge in [-0.15, -0.1) is 0 Å². The maximum Gasteiger partial charge on any atom is 0.293 e. The molecular weight excluding hydrogens is 204 g/mol. The van der Waals surface area contributed by atoms with E-state index in [2.05, 4.69) is 15.6 Å². The third kappa shape index (κ3) is 2.61. The molecule has 16 heavy (non-hydrogen) atoms. The van der Waals surface area contributed by atoms with Gasteiger partial charge in [-0.2, -0.15) is 0 Å². The second-order valence-electron chi connectivity index (χ2n) is 4.21. The van der Waals surface area contributed by atoms with E-state index >= 15 is 0 Å². The summed E-state index contributed by atoms with van der Waals surface area (Å²) in [6.45, 7) is 2.07. The molecule has 5 nitrogen and oxygen atoms in total. The van der Waals surface area contributed by atoms with Crippen LogP contribution in [0.5, 0.6) is 0 Å². The summed E-state index contributed by atoms with van der Waals surface area (Å²) in [5, 5.41) is 6.59. The van der Waals surface area contributed by atoms with Gasteiger partial charge in [-0.1, -0.05) is 0 Å². The van der Waals surface area contributed by atoms with Crippen LogP contribution in [0, 0.1) is 0 Å². The number of hydrogen-bond donors (Lipinski definition) is 2. The van der Waals surface area contributed by atoms with Crippen LogP contribution in [-0.2, 0) is 7.05 Å². The Kier molecular flexibility index (Phi) is 3.56. The summed E-state index contributed by atoms with van der Waals surface area (Å²) in [5.74, 6) is 0.469. The van der Waals surface area contributed by atoms with Crippen LogP contribution < -0.4 is 16.2 Å². The first-order chi connectivity index (χ1) is 7.77. The minimum absolute atomic E-state index is 0.0558. The first kappa shape index (κ1) is 11.1. The number of aryl methyl sites for hydroxylation is 1. The predicted octanol–water partition coefficient (Wildman–Crippen LogP) is 0.334. The SMILES string of the molecule is Cn1ccnc(NC2CCCNCC2)c1=O. The molecule has 0 aliphatic carbocycles. The van der Waals surface area contributed by atoms with Crippen molar-refractivity contribution in [3.05, 3.63) is 22.7 Å². The molecule has 1 aliphatic heterocycles. The van der Waals surface area contributed by atoms with E-state index in [0.29, 0.717) is 11.9 Å². The molecule has 1 saturated heterocycles. The fourth-order valence-corrected chi connectivity index (χ4v) is 1.95. The summed E-state index contributed by atoms with van der Waals surface area (Å²) in [6, 6.07) is 0.359. The summed E-state index contributed by atoms with van der Waals surface area (Å²) < 4.78 is 1.55. The molecule has 1 aromatic rings. The first-order valence-electron chi connectivity index (χ1n) is 5.76. The lowest BCUT2D eigenvalue weighted by Gasteiger charge is -2.16. The highest BCUT2D eigenvalue weighted by Crippen LogP contribution is 2.09. The Morgan fingerprint density at radius 2 is 2.38 bits per heavy atom. The van der Waals surface area contributed by atoms with E-state index in [1.807, 2.05) is 0 Å². The molecule has 2 N–H and O–H groups in total. The lowest BCUT2D eigenvalue weighted by atomic mass is 10.1. The molecule has 0 spiro atoms. The van der Waals surface area contributed by atoms with Gasteiger partial charge in [0.05, 0.1) is 0 Å². The van der Waals surface area contributed by atoms with Crippen LogP contribution in [0.3, 0.4) is 0 Å². The van der Waals surface area contributed by atoms with E-state index in [1.54, 1.807) is 24.0 Å². The fourth-order valence-electron chi connectivity index (χ4n) is 1.95. The summed E-state index contributed by atoms with van der Waals surface area (Å²) in [7, 11) is 1.74. The molecule has 0 aromatic carbocycles. The topological polar surface area (TPSA) is 59.0 Å². The average Bonchev–Trinajstić information content (AvgIpc) is 2.53. The third-order valence-corrected chi connectivity index (χ3v) is 2.93. The molecule has 5 heteroatoms. The van der Waals surface area contributed by atoms with Crippen molar-refractivity contribution < 1.29 is 0 Å². The van der Waals surface area contributed by atoms with Gasteiger partial charge in [0.2, 0.25) is 0 Å². The van der Waals surface area contributed by atoms with E-state index in [9.17, 15) is 4.79 Å². The summed E-state index contributed by atoms with van der Waals surface area (Å²) in [4.78, 5) is 15.8. The standard InChI is InChI=1S/C11H18N4O/c1-15-8-7-13-10(11(15)16)14-9-3-2-5-12-6-4-9/h7-9,12H,2-6H2,1H3,(H,13,14). The van der Waals surface area contributed by atoms with Crippen molar-refractivity contribution in [2.24, 2.45) is 7.05 Å². The van der Waals surface area contributed by atoms with Gasteiger partial charge in [-0.05, 0) is 32.4 Å². The molecule has 1 fully saturated rings. The largest absolute Gasteiger partial charge is 0.363 e. The lowest BCUT2D eigenvalue weighted by molar-refractivity contribution is 0.631. The molecule has 1 aliphatic rings. The predicted molar refractivity (Wildman–Crippen MR) is 63.6 cm³/mol. The van der Waals surface area contributed by atoms with Crippen molar-refractivity contribution in [1.82, 2.24) is 14.9 Å². The number of nitrogens with zero attached hydrogens (tertiary/aromatic N) is 2. The van der Waals surface area contributed by atoms with Crippen LogP contribution >= 0.6 is 0 Å². The molecule has 88 valence electrons. The van der Waals surface area contributed by atoms with Crippen LogP contribution in [-0.4, -0.2) is 28.7 Å². The summed E-state index contributed by atoms with van der Waals surface area (Å²) in [5.41, 5.74) is -0.0558. The number of nitrogens with one attached hydrogen (secondary N) is 2. The van der Waals surface area contributed by atoms with E-state index in [0.717, 1.165) is 32.4 Å². The van der Waals surface area contributed by atoms with Gasteiger partial charge in [-0.25, -0.2) is 4.98 Å². The normalized spacial score (nSPS) is 21.4. The molecule has 2 rings (SSSR count). The lowest BCUT2D eigenvalue weighted by Crippen LogP contribution is -2.28. The molecule has 0 amide bonds. The Balaban J connectivity index is 2.07. The van der Waals surface area contributed by atoms with Crippen LogP contribution in [0.15, 0.2) is 17.2 Å². The highest BCUT2D eigenvalue weighted by Gasteiger charge is 2.13. The van der Waals surface area contributed by atoms with Gasteiger partial charge in [0.25, 0.3) is 5.56 Å². The molecule has 0 bridgehead atoms. The summed E-state index contributed by atoms with van der Waals surface area (Å²) >= 11 is 0. The van der Waals surface area contributed by atoms with Crippen molar-refractivity contribution >= 4 is 5.82 Å². The zero-order valence-electron chi connectivity index (χ0n) is 9.57. The van der Waals surface area contributed by atoms with Crippen LogP contribution in [0.1, 0.15) is 19.3 Å². The maximum atomic E-state index is 11.8. The number of hydrogen-bond acceptors (Lipinski definition) is 4. The van der Waals surface area contributed by atoms with Gasteiger partial charge < -0.3 is 15.2 Å². The Labute approximate surface area is 94.9 Å². The van der Waals surface area contributed by atoms with E-state index in [4.69, 9.17) is 0 Å². The fraction of sp³-hybridized carbons (Fsp3) is 0.636. The second kappa shape index (κ2) is 5.12. The molecule has 0 radical (unpaired) electrons. The Morgan fingerprint density at radius 1 is 1.50 bits per heavy atom. The Morgan fingerprint density at radius 3 is 3.25 bits per heavy atom. The van der Waals surface area contributed by atoms with Gasteiger partial charge in [0.15, 0.2) is 5.82 Å². The van der Waals surface area contributed by atoms with Crippen molar-refractivity contribution in [2.75, 3.05) is 18.4 Å². The van der Waals surface area contributed by atoms with Gasteiger partial charge in [0, 0.05) is 25.5 Å². The first-order valence-corrected chi connectivity index (χ1v) is 5.76. The number of rotatable bonds is 2.